The largest absolute Gasteiger partial charge is 0.314 e. The second kappa shape index (κ2) is 7.04. The third-order valence-electron chi connectivity index (χ3n) is 3.86. The zero-order valence-corrected chi connectivity index (χ0v) is 12.2. The lowest BCUT2D eigenvalue weighted by atomic mass is 9.92. The van der Waals surface area contributed by atoms with Crippen LogP contribution in [0, 0.1) is 17.7 Å². The molecule has 1 unspecified atom stereocenters. The minimum absolute atomic E-state index is 0.140. The first-order chi connectivity index (χ1) is 9.13. The Balaban J connectivity index is 1.84. The number of rotatable bonds is 8. The highest BCUT2D eigenvalue weighted by atomic mass is 19.1. The standard InChI is InChI=1S/C17H26FN/c1-13(2)3-4-15(12-19-17-9-10-17)11-14-5-7-16(18)8-6-14/h5-8,13,15,17,19H,3-4,9-12H2,1-2H3. The summed E-state index contributed by atoms with van der Waals surface area (Å²) in [5.41, 5.74) is 1.26. The van der Waals surface area contributed by atoms with Crippen molar-refractivity contribution in [1.29, 1.82) is 0 Å². The number of hydrogen-bond donors (Lipinski definition) is 1. The van der Waals surface area contributed by atoms with Gasteiger partial charge in [-0.25, -0.2) is 4.39 Å². The van der Waals surface area contributed by atoms with E-state index in [4.69, 9.17) is 0 Å². The fraction of sp³-hybridized carbons (Fsp3) is 0.647. The van der Waals surface area contributed by atoms with Crippen LogP contribution in [0.25, 0.3) is 0 Å². The molecule has 0 radical (unpaired) electrons. The molecule has 2 rings (SSSR count). The first kappa shape index (κ1) is 14.5. The molecule has 0 aliphatic heterocycles. The van der Waals surface area contributed by atoms with Crippen molar-refractivity contribution in [3.8, 4) is 0 Å². The van der Waals surface area contributed by atoms with Crippen molar-refractivity contribution in [3.63, 3.8) is 0 Å². The average molecular weight is 263 g/mol. The van der Waals surface area contributed by atoms with Gasteiger partial charge in [-0.1, -0.05) is 32.4 Å². The molecule has 1 fully saturated rings. The SMILES string of the molecule is CC(C)CCC(CNC1CC1)Cc1ccc(F)cc1. The van der Waals surface area contributed by atoms with Gasteiger partial charge >= 0.3 is 0 Å². The molecular weight excluding hydrogens is 237 g/mol. The van der Waals surface area contributed by atoms with Crippen LogP contribution < -0.4 is 5.32 Å². The summed E-state index contributed by atoms with van der Waals surface area (Å²) in [6.45, 7) is 5.67. The fourth-order valence-corrected chi connectivity index (χ4v) is 2.42. The summed E-state index contributed by atoms with van der Waals surface area (Å²) >= 11 is 0. The maximum absolute atomic E-state index is 12.9. The molecule has 0 aromatic heterocycles. The Labute approximate surface area is 116 Å². The van der Waals surface area contributed by atoms with Crippen molar-refractivity contribution in [2.45, 2.75) is 52.0 Å². The van der Waals surface area contributed by atoms with Gasteiger partial charge in [0.15, 0.2) is 0 Å². The lowest BCUT2D eigenvalue weighted by molar-refractivity contribution is 0.397. The molecule has 0 saturated heterocycles. The van der Waals surface area contributed by atoms with Crippen LogP contribution in [0.1, 0.15) is 45.1 Å². The molecule has 2 heteroatoms. The topological polar surface area (TPSA) is 12.0 Å². The molecule has 19 heavy (non-hydrogen) atoms. The summed E-state index contributed by atoms with van der Waals surface area (Å²) in [5.74, 6) is 1.30. The highest BCUT2D eigenvalue weighted by molar-refractivity contribution is 5.16. The molecule has 106 valence electrons. The van der Waals surface area contributed by atoms with Gasteiger partial charge in [0.05, 0.1) is 0 Å². The van der Waals surface area contributed by atoms with E-state index in [0.29, 0.717) is 5.92 Å². The summed E-state index contributed by atoms with van der Waals surface area (Å²) < 4.78 is 12.9. The summed E-state index contributed by atoms with van der Waals surface area (Å²) in [6.07, 6.45) is 6.28. The molecule has 1 aromatic carbocycles. The normalized spacial score (nSPS) is 16.8. The van der Waals surface area contributed by atoms with Gasteiger partial charge in [0.2, 0.25) is 0 Å². The fourth-order valence-electron chi connectivity index (χ4n) is 2.42. The van der Waals surface area contributed by atoms with E-state index in [1.165, 1.54) is 31.2 Å². The molecule has 1 saturated carbocycles. The highest BCUT2D eigenvalue weighted by Crippen LogP contribution is 2.22. The van der Waals surface area contributed by atoms with Crippen molar-refractivity contribution < 1.29 is 4.39 Å². The van der Waals surface area contributed by atoms with Gasteiger partial charge in [-0.2, -0.15) is 0 Å². The summed E-state index contributed by atoms with van der Waals surface area (Å²) in [7, 11) is 0. The van der Waals surface area contributed by atoms with E-state index in [1.54, 1.807) is 12.1 Å². The van der Waals surface area contributed by atoms with Crippen LogP contribution in [0.2, 0.25) is 0 Å². The quantitative estimate of drug-likeness (QED) is 0.742. The van der Waals surface area contributed by atoms with Crippen LogP contribution >= 0.6 is 0 Å². The van der Waals surface area contributed by atoms with Crippen molar-refractivity contribution in [3.05, 3.63) is 35.6 Å². The van der Waals surface area contributed by atoms with Gasteiger partial charge in [0, 0.05) is 6.04 Å². The Bertz CT molecular complexity index is 361. The van der Waals surface area contributed by atoms with Gasteiger partial charge in [0.25, 0.3) is 0 Å². The smallest absolute Gasteiger partial charge is 0.123 e. The van der Waals surface area contributed by atoms with Gasteiger partial charge < -0.3 is 5.32 Å². The van der Waals surface area contributed by atoms with Crippen molar-refractivity contribution in [2.24, 2.45) is 11.8 Å². The monoisotopic (exact) mass is 263 g/mol. The van der Waals surface area contributed by atoms with Crippen molar-refractivity contribution in [2.75, 3.05) is 6.54 Å². The van der Waals surface area contributed by atoms with Crippen molar-refractivity contribution in [1.82, 2.24) is 5.32 Å². The van der Waals surface area contributed by atoms with E-state index < -0.39 is 0 Å². The Hall–Kier alpha value is -0.890. The molecule has 0 amide bonds. The molecular formula is C17H26FN. The van der Waals surface area contributed by atoms with Gasteiger partial charge in [-0.05, 0) is 61.8 Å². The van der Waals surface area contributed by atoms with Crippen LogP contribution in [0.4, 0.5) is 4.39 Å². The maximum atomic E-state index is 12.9. The minimum Gasteiger partial charge on any atom is -0.314 e. The van der Waals surface area contributed by atoms with E-state index >= 15 is 0 Å². The van der Waals surface area contributed by atoms with E-state index in [0.717, 1.165) is 24.9 Å². The first-order valence-electron chi connectivity index (χ1n) is 7.61. The van der Waals surface area contributed by atoms with Crippen LogP contribution in [-0.4, -0.2) is 12.6 Å². The molecule has 1 aliphatic carbocycles. The Morgan fingerprint density at radius 1 is 1.16 bits per heavy atom. The summed E-state index contributed by atoms with van der Waals surface area (Å²) in [5, 5.41) is 3.64. The van der Waals surface area contributed by atoms with Crippen LogP contribution in [0.3, 0.4) is 0 Å². The zero-order valence-electron chi connectivity index (χ0n) is 12.2. The van der Waals surface area contributed by atoms with Crippen LogP contribution in [-0.2, 0) is 6.42 Å². The van der Waals surface area contributed by atoms with Gasteiger partial charge in [-0.15, -0.1) is 0 Å². The summed E-state index contributed by atoms with van der Waals surface area (Å²) in [4.78, 5) is 0. The first-order valence-corrected chi connectivity index (χ1v) is 7.61. The molecule has 1 N–H and O–H groups in total. The molecule has 1 nitrogen and oxygen atoms in total. The Morgan fingerprint density at radius 2 is 1.84 bits per heavy atom. The predicted molar refractivity (Wildman–Crippen MR) is 78.7 cm³/mol. The molecule has 0 spiro atoms. The highest BCUT2D eigenvalue weighted by Gasteiger charge is 2.22. The van der Waals surface area contributed by atoms with Crippen LogP contribution in [0.15, 0.2) is 24.3 Å². The van der Waals surface area contributed by atoms with Crippen LogP contribution in [0.5, 0.6) is 0 Å². The van der Waals surface area contributed by atoms with E-state index in [-0.39, 0.29) is 5.82 Å². The van der Waals surface area contributed by atoms with Crippen molar-refractivity contribution >= 4 is 0 Å². The molecule has 1 aromatic rings. The molecule has 1 atom stereocenters. The van der Waals surface area contributed by atoms with E-state index in [1.807, 2.05) is 12.1 Å². The Morgan fingerprint density at radius 3 is 2.42 bits per heavy atom. The lowest BCUT2D eigenvalue weighted by Crippen LogP contribution is -2.26. The number of halogens is 1. The predicted octanol–water partition coefficient (Wildman–Crippen LogP) is 4.17. The molecule has 0 heterocycles. The summed E-state index contributed by atoms with van der Waals surface area (Å²) in [6, 6.07) is 7.77. The minimum atomic E-state index is -0.140. The number of hydrogen-bond acceptors (Lipinski definition) is 1. The number of benzene rings is 1. The third kappa shape index (κ3) is 5.73. The molecule has 1 aliphatic rings. The number of nitrogens with one attached hydrogen (secondary N) is 1. The van der Waals surface area contributed by atoms with E-state index in [2.05, 4.69) is 19.2 Å². The second-order valence-corrected chi connectivity index (χ2v) is 6.35. The average Bonchev–Trinajstić information content (AvgIpc) is 3.19. The zero-order chi connectivity index (χ0) is 13.7. The molecule has 0 bridgehead atoms. The Kier molecular flexibility index (Phi) is 5.38. The second-order valence-electron chi connectivity index (χ2n) is 6.35. The lowest BCUT2D eigenvalue weighted by Gasteiger charge is -2.19. The maximum Gasteiger partial charge on any atom is 0.123 e. The third-order valence-corrected chi connectivity index (χ3v) is 3.86. The van der Waals surface area contributed by atoms with Gasteiger partial charge in [0.1, 0.15) is 5.82 Å². The van der Waals surface area contributed by atoms with Gasteiger partial charge in [-0.3, -0.25) is 0 Å². The van der Waals surface area contributed by atoms with E-state index in [9.17, 15) is 4.39 Å².